The Morgan fingerprint density at radius 1 is 1.11 bits per heavy atom. The molecule has 0 aliphatic heterocycles. The van der Waals surface area contributed by atoms with E-state index in [1.54, 1.807) is 0 Å². The van der Waals surface area contributed by atoms with Gasteiger partial charge in [0.15, 0.2) is 18.4 Å². The number of hydrogen-bond acceptors (Lipinski definition) is 6. The minimum atomic E-state index is -1.35. The lowest BCUT2D eigenvalue weighted by Crippen LogP contribution is -2.48. The standard InChI is InChI=1S/C19H19NO6S/c1-11(26-27-24)17(18(21)22)20-19(23)25-10-16-14-8-4-2-6-12(14)13-7-3-5-9-15(13)16/h2-9,11,16-17,24H,10H2,1H3,(H,20,23)(H,21,22)/t11-,17+/m1/s1. The van der Waals surface area contributed by atoms with Gasteiger partial charge >= 0.3 is 12.1 Å². The number of carboxylic acid groups (broad SMARTS) is 1. The van der Waals surface area contributed by atoms with E-state index in [-0.39, 0.29) is 24.8 Å². The van der Waals surface area contributed by atoms with E-state index in [0.29, 0.717) is 0 Å². The number of rotatable bonds is 7. The van der Waals surface area contributed by atoms with Crippen LogP contribution in [0.4, 0.5) is 4.79 Å². The highest BCUT2D eigenvalue weighted by Gasteiger charge is 2.31. The van der Waals surface area contributed by atoms with Crippen molar-refractivity contribution in [2.75, 3.05) is 6.61 Å². The molecule has 0 saturated carbocycles. The van der Waals surface area contributed by atoms with Gasteiger partial charge in [0.2, 0.25) is 0 Å². The van der Waals surface area contributed by atoms with E-state index in [0.717, 1.165) is 22.3 Å². The van der Waals surface area contributed by atoms with Crippen LogP contribution >= 0.6 is 12.3 Å². The molecule has 0 aromatic heterocycles. The Bertz CT molecular complexity index is 797. The van der Waals surface area contributed by atoms with Crippen LogP contribution in [0.3, 0.4) is 0 Å². The summed E-state index contributed by atoms with van der Waals surface area (Å²) in [6, 6.07) is 14.5. The lowest BCUT2D eigenvalue weighted by atomic mass is 9.98. The molecule has 1 amide bonds. The van der Waals surface area contributed by atoms with Gasteiger partial charge in [0.1, 0.15) is 12.7 Å². The fraction of sp³-hybridized carbons (Fsp3) is 0.263. The molecular formula is C19H19NO6S. The zero-order valence-electron chi connectivity index (χ0n) is 14.5. The van der Waals surface area contributed by atoms with E-state index < -0.39 is 24.2 Å². The van der Waals surface area contributed by atoms with Crippen LogP contribution in [-0.2, 0) is 13.7 Å². The van der Waals surface area contributed by atoms with Gasteiger partial charge < -0.3 is 19.7 Å². The molecule has 2 aromatic carbocycles. The van der Waals surface area contributed by atoms with Crippen LogP contribution in [0.5, 0.6) is 0 Å². The Labute approximate surface area is 160 Å². The maximum absolute atomic E-state index is 12.1. The average molecular weight is 389 g/mol. The Hall–Kier alpha value is -2.55. The molecule has 3 rings (SSSR count). The molecule has 142 valence electrons. The molecule has 2 atom stereocenters. The zero-order valence-corrected chi connectivity index (χ0v) is 15.3. The van der Waals surface area contributed by atoms with Crippen LogP contribution in [0.25, 0.3) is 11.1 Å². The van der Waals surface area contributed by atoms with Crippen molar-refractivity contribution in [2.24, 2.45) is 0 Å². The SMILES string of the molecule is C[C@@H](OSO)[C@H](NC(=O)OCC1c2ccccc2-c2ccccc21)C(=O)O. The minimum absolute atomic E-state index is 0.0454. The van der Waals surface area contributed by atoms with Crippen molar-refractivity contribution >= 4 is 24.4 Å². The van der Waals surface area contributed by atoms with Crippen LogP contribution in [-0.4, -0.2) is 40.5 Å². The van der Waals surface area contributed by atoms with E-state index in [9.17, 15) is 14.7 Å². The second-order valence-electron chi connectivity index (χ2n) is 6.16. The smallest absolute Gasteiger partial charge is 0.407 e. The normalized spacial score (nSPS) is 14.7. The molecule has 0 bridgehead atoms. The van der Waals surface area contributed by atoms with Crippen LogP contribution in [0.1, 0.15) is 24.0 Å². The number of hydrogen-bond donors (Lipinski definition) is 3. The van der Waals surface area contributed by atoms with Gasteiger partial charge in [-0.25, -0.2) is 9.59 Å². The zero-order chi connectivity index (χ0) is 19.4. The van der Waals surface area contributed by atoms with Crippen LogP contribution in [0, 0.1) is 0 Å². The Balaban J connectivity index is 1.69. The van der Waals surface area contributed by atoms with Gasteiger partial charge in [0.25, 0.3) is 0 Å². The molecule has 3 N–H and O–H groups in total. The average Bonchev–Trinajstić information content (AvgIpc) is 2.98. The van der Waals surface area contributed by atoms with Gasteiger partial charge in [0.05, 0.1) is 0 Å². The summed E-state index contributed by atoms with van der Waals surface area (Å²) in [5.41, 5.74) is 4.34. The van der Waals surface area contributed by atoms with Crippen molar-refractivity contribution in [2.45, 2.75) is 25.0 Å². The maximum atomic E-state index is 12.1. The number of carbonyl (C=O) groups excluding carboxylic acids is 1. The maximum Gasteiger partial charge on any atom is 0.407 e. The van der Waals surface area contributed by atoms with E-state index in [4.69, 9.17) is 13.5 Å². The second kappa shape index (κ2) is 8.43. The van der Waals surface area contributed by atoms with E-state index in [1.165, 1.54) is 6.92 Å². The highest BCUT2D eigenvalue weighted by atomic mass is 32.2. The quantitative estimate of drug-likeness (QED) is 0.622. The molecule has 0 heterocycles. The summed E-state index contributed by atoms with van der Waals surface area (Å²) in [6.07, 6.45) is -1.80. The van der Waals surface area contributed by atoms with Crippen LogP contribution in [0.2, 0.25) is 0 Å². The number of ether oxygens (including phenoxy) is 1. The van der Waals surface area contributed by atoms with Crippen molar-refractivity contribution in [3.63, 3.8) is 0 Å². The number of aliphatic carboxylic acids is 1. The van der Waals surface area contributed by atoms with E-state index in [2.05, 4.69) is 5.32 Å². The van der Waals surface area contributed by atoms with E-state index in [1.807, 2.05) is 48.5 Å². The first kappa shape index (κ1) is 19.2. The summed E-state index contributed by atoms with van der Waals surface area (Å²) in [7, 11) is 0. The topological polar surface area (TPSA) is 105 Å². The first-order chi connectivity index (χ1) is 13.0. The predicted octanol–water partition coefficient (Wildman–Crippen LogP) is 3.50. The molecule has 1 aliphatic carbocycles. The molecule has 7 nitrogen and oxygen atoms in total. The minimum Gasteiger partial charge on any atom is -0.480 e. The van der Waals surface area contributed by atoms with Crippen molar-refractivity contribution < 1.29 is 28.2 Å². The summed E-state index contributed by atoms with van der Waals surface area (Å²) >= 11 is 0.0454. The molecule has 27 heavy (non-hydrogen) atoms. The van der Waals surface area contributed by atoms with Crippen molar-refractivity contribution in [1.29, 1.82) is 0 Å². The number of carbonyl (C=O) groups is 2. The van der Waals surface area contributed by atoms with Gasteiger partial charge in [0, 0.05) is 5.92 Å². The van der Waals surface area contributed by atoms with Gasteiger partial charge in [-0.1, -0.05) is 48.5 Å². The molecule has 0 unspecified atom stereocenters. The summed E-state index contributed by atoms with van der Waals surface area (Å²) in [5.74, 6) is -1.40. The molecule has 8 heteroatoms. The third kappa shape index (κ3) is 4.08. The first-order valence-corrected chi connectivity index (χ1v) is 9.04. The van der Waals surface area contributed by atoms with Crippen molar-refractivity contribution in [3.05, 3.63) is 59.7 Å². The number of nitrogens with one attached hydrogen (secondary N) is 1. The fourth-order valence-corrected chi connectivity index (χ4v) is 3.52. The Kier molecular flexibility index (Phi) is 6.00. The summed E-state index contributed by atoms with van der Waals surface area (Å²) < 4.78 is 18.8. The molecule has 0 spiro atoms. The van der Waals surface area contributed by atoms with Crippen molar-refractivity contribution in [3.8, 4) is 11.1 Å². The molecule has 0 fully saturated rings. The Morgan fingerprint density at radius 3 is 2.19 bits per heavy atom. The Morgan fingerprint density at radius 2 is 1.67 bits per heavy atom. The molecule has 0 radical (unpaired) electrons. The molecule has 2 aromatic rings. The molecule has 0 saturated heterocycles. The lowest BCUT2D eigenvalue weighted by Gasteiger charge is -2.20. The van der Waals surface area contributed by atoms with Gasteiger partial charge in [-0.15, -0.1) is 0 Å². The first-order valence-electron chi connectivity index (χ1n) is 8.34. The fourth-order valence-electron chi connectivity index (χ4n) is 3.27. The van der Waals surface area contributed by atoms with Crippen molar-refractivity contribution in [1.82, 2.24) is 5.32 Å². The van der Waals surface area contributed by atoms with Crippen LogP contribution < -0.4 is 5.32 Å². The number of fused-ring (bicyclic) bond motifs is 3. The summed E-state index contributed by atoms with van der Waals surface area (Å²) in [4.78, 5) is 23.4. The number of benzene rings is 2. The van der Waals surface area contributed by atoms with E-state index >= 15 is 0 Å². The highest BCUT2D eigenvalue weighted by molar-refractivity contribution is 7.88. The monoisotopic (exact) mass is 389 g/mol. The lowest BCUT2D eigenvalue weighted by molar-refractivity contribution is -0.141. The number of amides is 1. The summed E-state index contributed by atoms with van der Waals surface area (Å²) in [5, 5.41) is 11.5. The third-order valence-electron chi connectivity index (χ3n) is 4.55. The van der Waals surface area contributed by atoms with Gasteiger partial charge in [-0.2, -0.15) is 0 Å². The molecular weight excluding hydrogens is 370 g/mol. The number of carboxylic acids is 1. The largest absolute Gasteiger partial charge is 0.480 e. The third-order valence-corrected chi connectivity index (χ3v) is 4.94. The van der Waals surface area contributed by atoms with Gasteiger partial charge in [-0.3, -0.25) is 4.18 Å². The molecule has 1 aliphatic rings. The van der Waals surface area contributed by atoms with Gasteiger partial charge in [-0.05, 0) is 29.2 Å². The van der Waals surface area contributed by atoms with Crippen LogP contribution in [0.15, 0.2) is 48.5 Å². The predicted molar refractivity (Wildman–Crippen MR) is 100 cm³/mol. The second-order valence-corrected chi connectivity index (χ2v) is 6.50. The summed E-state index contributed by atoms with van der Waals surface area (Å²) in [6.45, 7) is 1.50. The highest BCUT2D eigenvalue weighted by Crippen LogP contribution is 2.44. The number of alkyl carbamates (subject to hydrolysis) is 1.